The molecule has 0 radical (unpaired) electrons. The molecule has 3 rings (SSSR count). The number of halogens is 2. The molecule has 2 heterocycles. The van der Waals surface area contributed by atoms with Crippen molar-refractivity contribution in [1.29, 1.82) is 0 Å². The molecule has 1 aliphatic rings. The minimum atomic E-state index is -0.589. The molecule has 0 atom stereocenters. The van der Waals surface area contributed by atoms with Crippen molar-refractivity contribution in [2.24, 2.45) is 0 Å². The molecule has 0 spiro atoms. The average Bonchev–Trinajstić information content (AvgIpc) is 2.76. The van der Waals surface area contributed by atoms with Gasteiger partial charge in [-0.25, -0.2) is 9.97 Å². The van der Waals surface area contributed by atoms with E-state index in [0.717, 1.165) is 25.9 Å². The Morgan fingerprint density at radius 2 is 2.06 bits per heavy atom. The molecule has 1 fully saturated rings. The van der Waals surface area contributed by atoms with Crippen LogP contribution in [0.25, 0.3) is 0 Å². The van der Waals surface area contributed by atoms with Crippen molar-refractivity contribution in [2.45, 2.75) is 18.9 Å². The third kappa shape index (κ3) is 5.87. The first kappa shape index (κ1) is 23.8. The van der Waals surface area contributed by atoms with E-state index in [-0.39, 0.29) is 40.7 Å². The molecule has 0 unspecified atom stereocenters. The van der Waals surface area contributed by atoms with Crippen LogP contribution in [-0.4, -0.2) is 65.5 Å². The van der Waals surface area contributed by atoms with E-state index in [1.54, 1.807) is 18.0 Å². The molecule has 13 heteroatoms. The smallest absolute Gasteiger partial charge is 0.355 e. The normalized spacial score (nSPS) is 14.6. The lowest BCUT2D eigenvalue weighted by Crippen LogP contribution is -2.42. The number of carbonyl (C=O) groups excluding carboxylic acids is 1. The fourth-order valence-corrected chi connectivity index (χ4v) is 3.81. The molecule has 11 nitrogen and oxygen atoms in total. The molecule has 2 N–H and O–H groups in total. The van der Waals surface area contributed by atoms with Gasteiger partial charge in [0.25, 0.3) is 5.91 Å². The van der Waals surface area contributed by atoms with E-state index < -0.39 is 10.8 Å². The number of nitro groups is 1. The molecule has 1 amide bonds. The number of amides is 1. The summed E-state index contributed by atoms with van der Waals surface area (Å²) in [5.41, 5.74) is 4.52. The number of aromatic nitrogens is 2. The highest BCUT2D eigenvalue weighted by molar-refractivity contribution is 6.35. The van der Waals surface area contributed by atoms with Gasteiger partial charge in [0.1, 0.15) is 12.1 Å². The van der Waals surface area contributed by atoms with E-state index in [1.165, 1.54) is 18.5 Å². The summed E-state index contributed by atoms with van der Waals surface area (Å²) in [6.45, 7) is 1.41. The number of anilines is 2. The summed E-state index contributed by atoms with van der Waals surface area (Å²) in [6, 6.07) is 4.71. The first-order valence-corrected chi connectivity index (χ1v) is 10.5. The van der Waals surface area contributed by atoms with E-state index in [4.69, 9.17) is 27.9 Å². The highest BCUT2D eigenvalue weighted by Gasteiger charge is 2.30. The fourth-order valence-electron chi connectivity index (χ4n) is 3.34. The second-order valence-corrected chi connectivity index (χ2v) is 8.18. The van der Waals surface area contributed by atoms with Gasteiger partial charge in [0.05, 0.1) is 9.95 Å². The first-order valence-electron chi connectivity index (χ1n) is 9.79. The lowest BCUT2D eigenvalue weighted by molar-refractivity contribution is -0.383. The van der Waals surface area contributed by atoms with Gasteiger partial charge < -0.3 is 14.5 Å². The van der Waals surface area contributed by atoms with Gasteiger partial charge in [-0.05, 0) is 51.2 Å². The summed E-state index contributed by atoms with van der Waals surface area (Å²) in [6.07, 6.45) is 2.93. The quantitative estimate of drug-likeness (QED) is 0.430. The van der Waals surface area contributed by atoms with Gasteiger partial charge in [-0.1, -0.05) is 23.2 Å². The van der Waals surface area contributed by atoms with Crippen molar-refractivity contribution >= 4 is 46.4 Å². The fraction of sp³-hybridized carbons (Fsp3) is 0.421. The average molecular weight is 484 g/mol. The van der Waals surface area contributed by atoms with Crippen LogP contribution in [0.4, 0.5) is 17.3 Å². The van der Waals surface area contributed by atoms with E-state index in [0.29, 0.717) is 5.02 Å². The van der Waals surface area contributed by atoms with Gasteiger partial charge >= 0.3 is 5.69 Å². The number of ether oxygens (including phenoxy) is 1. The van der Waals surface area contributed by atoms with Crippen LogP contribution in [0.1, 0.15) is 12.8 Å². The summed E-state index contributed by atoms with van der Waals surface area (Å²) >= 11 is 11.8. The maximum Gasteiger partial charge on any atom is 0.355 e. The molecule has 1 aliphatic heterocycles. The number of nitrogens with one attached hydrogen (secondary N) is 2. The molecule has 0 aliphatic carbocycles. The zero-order valence-electron chi connectivity index (χ0n) is 17.5. The maximum atomic E-state index is 12.1. The van der Waals surface area contributed by atoms with E-state index in [9.17, 15) is 14.9 Å². The summed E-state index contributed by atoms with van der Waals surface area (Å²) in [5, 5.41) is 12.5. The number of piperidine rings is 1. The highest BCUT2D eigenvalue weighted by atomic mass is 35.5. The summed E-state index contributed by atoms with van der Waals surface area (Å²) in [5.74, 6) is -0.256. The largest absolute Gasteiger partial charge is 0.482 e. The van der Waals surface area contributed by atoms with Crippen molar-refractivity contribution in [2.75, 3.05) is 44.1 Å². The number of hydrazine groups is 1. The van der Waals surface area contributed by atoms with Crippen molar-refractivity contribution in [1.82, 2.24) is 20.3 Å². The highest BCUT2D eigenvalue weighted by Crippen LogP contribution is 2.33. The summed E-state index contributed by atoms with van der Waals surface area (Å²) in [7, 11) is 3.82. The van der Waals surface area contributed by atoms with Gasteiger partial charge in [-0.3, -0.25) is 25.8 Å². The van der Waals surface area contributed by atoms with Crippen LogP contribution in [0.5, 0.6) is 5.75 Å². The Bertz CT molecular complexity index is 986. The Morgan fingerprint density at radius 1 is 1.34 bits per heavy atom. The van der Waals surface area contributed by atoms with Gasteiger partial charge in [-0.2, -0.15) is 0 Å². The summed E-state index contributed by atoms with van der Waals surface area (Å²) in [4.78, 5) is 35.4. The third-order valence-corrected chi connectivity index (χ3v) is 5.66. The topological polar surface area (TPSA) is 126 Å². The van der Waals surface area contributed by atoms with Gasteiger partial charge in [0.15, 0.2) is 6.61 Å². The predicted octanol–water partition coefficient (Wildman–Crippen LogP) is 2.74. The molecule has 1 saturated heterocycles. The number of rotatable bonds is 8. The Morgan fingerprint density at radius 3 is 2.72 bits per heavy atom. The lowest BCUT2D eigenvalue weighted by atomic mass is 10.0. The second kappa shape index (κ2) is 10.6. The zero-order chi connectivity index (χ0) is 23.3. The van der Waals surface area contributed by atoms with Crippen LogP contribution < -0.4 is 20.5 Å². The molecule has 0 saturated carbocycles. The Kier molecular flexibility index (Phi) is 7.89. The summed E-state index contributed by atoms with van der Waals surface area (Å²) < 4.78 is 5.35. The molecule has 32 heavy (non-hydrogen) atoms. The molecule has 172 valence electrons. The standard InChI is InChI=1S/C19H23Cl2N7O4/c1-26-7-5-13(6-8-26)27(2)19-17(28(30)31)18(22-11-23-19)25-24-16(29)10-32-15-4-3-12(20)9-14(15)21/h3-4,9,11,13H,5-8,10H2,1-2H3,(H,24,29)(H,22,23,25). The Balaban J connectivity index is 1.66. The monoisotopic (exact) mass is 483 g/mol. The van der Waals surface area contributed by atoms with Gasteiger partial charge in [0, 0.05) is 18.1 Å². The minimum Gasteiger partial charge on any atom is -0.482 e. The van der Waals surface area contributed by atoms with Gasteiger partial charge in [0.2, 0.25) is 11.6 Å². The van der Waals surface area contributed by atoms with Crippen molar-refractivity contribution < 1.29 is 14.5 Å². The van der Waals surface area contributed by atoms with Crippen LogP contribution in [0.2, 0.25) is 10.0 Å². The van der Waals surface area contributed by atoms with E-state index in [1.807, 2.05) is 7.05 Å². The maximum absolute atomic E-state index is 12.1. The molecule has 1 aromatic carbocycles. The number of hydrogen-bond acceptors (Lipinski definition) is 9. The van der Waals surface area contributed by atoms with Crippen LogP contribution in [0, 0.1) is 10.1 Å². The number of hydrogen-bond donors (Lipinski definition) is 2. The van der Waals surface area contributed by atoms with E-state index in [2.05, 4.69) is 25.7 Å². The van der Waals surface area contributed by atoms with E-state index >= 15 is 0 Å². The molecular weight excluding hydrogens is 461 g/mol. The number of carbonyl (C=O) groups is 1. The van der Waals surface area contributed by atoms with Crippen LogP contribution in [0.15, 0.2) is 24.5 Å². The van der Waals surface area contributed by atoms with Crippen molar-refractivity contribution in [3.8, 4) is 5.75 Å². The third-order valence-electron chi connectivity index (χ3n) is 5.13. The number of nitrogens with zero attached hydrogens (tertiary/aromatic N) is 5. The first-order chi connectivity index (χ1) is 15.3. The van der Waals surface area contributed by atoms with Crippen LogP contribution >= 0.6 is 23.2 Å². The van der Waals surface area contributed by atoms with Crippen molar-refractivity contribution in [3.05, 3.63) is 44.7 Å². The van der Waals surface area contributed by atoms with Crippen LogP contribution in [0.3, 0.4) is 0 Å². The SMILES string of the molecule is CN1CCC(N(C)c2ncnc(NNC(=O)COc3ccc(Cl)cc3Cl)c2[N+](=O)[O-])CC1. The van der Waals surface area contributed by atoms with Crippen molar-refractivity contribution in [3.63, 3.8) is 0 Å². The minimum absolute atomic E-state index is 0.111. The number of benzene rings is 1. The Hall–Kier alpha value is -2.89. The predicted molar refractivity (Wildman–Crippen MR) is 121 cm³/mol. The second-order valence-electron chi connectivity index (χ2n) is 7.33. The molecule has 2 aromatic rings. The zero-order valence-corrected chi connectivity index (χ0v) is 19.1. The Labute approximate surface area is 194 Å². The van der Waals surface area contributed by atoms with Crippen LogP contribution in [-0.2, 0) is 4.79 Å². The number of likely N-dealkylation sites (tertiary alicyclic amines) is 1. The molecular formula is C19H23Cl2N7O4. The van der Waals surface area contributed by atoms with Gasteiger partial charge in [-0.15, -0.1) is 0 Å². The lowest BCUT2D eigenvalue weighted by Gasteiger charge is -2.35. The molecule has 0 bridgehead atoms. The molecule has 1 aromatic heterocycles.